The van der Waals surface area contributed by atoms with Gasteiger partial charge in [-0.05, 0) is 72.4 Å². The van der Waals surface area contributed by atoms with Gasteiger partial charge in [-0.1, -0.05) is 24.3 Å². The normalized spacial score (nSPS) is 17.0. The largest absolute Gasteiger partial charge is 0.432 e. The van der Waals surface area contributed by atoms with Crippen LogP contribution < -0.4 is 4.74 Å². The van der Waals surface area contributed by atoms with Crippen molar-refractivity contribution in [1.29, 1.82) is 0 Å². The standard InChI is InChI=1S/C33H25F9O2S/c1-2-43-15-17-3-8-30(45-16-17)19-5-7-22(25(35)10-19)18-4-6-23(24(34)9-18)20-11-26(36)31(27(37)12-20)33(41,42)44-21-13-28(38)32(40)29(39)14-21/h4-7,9-14,17,30H,2-3,8,15-16H2,1H3. The molecule has 1 saturated heterocycles. The van der Waals surface area contributed by atoms with Crippen LogP contribution in [0.25, 0.3) is 22.3 Å². The maximum atomic E-state index is 15.2. The summed E-state index contributed by atoms with van der Waals surface area (Å²) in [6.07, 6.45) is -2.98. The van der Waals surface area contributed by atoms with E-state index in [1.807, 2.05) is 6.92 Å². The lowest BCUT2D eigenvalue weighted by Gasteiger charge is -2.28. The minimum Gasteiger partial charge on any atom is -0.429 e. The quantitative estimate of drug-likeness (QED) is 0.132. The van der Waals surface area contributed by atoms with Crippen molar-refractivity contribution in [2.45, 2.75) is 31.1 Å². The lowest BCUT2D eigenvalue weighted by molar-refractivity contribution is -0.189. The van der Waals surface area contributed by atoms with Gasteiger partial charge in [0.2, 0.25) is 0 Å². The summed E-state index contributed by atoms with van der Waals surface area (Å²) in [4.78, 5) is 0. The summed E-state index contributed by atoms with van der Waals surface area (Å²) < 4.78 is 139. The second-order valence-corrected chi connectivity index (χ2v) is 11.7. The summed E-state index contributed by atoms with van der Waals surface area (Å²) in [5.74, 6) is -10.9. The predicted molar refractivity (Wildman–Crippen MR) is 152 cm³/mol. The van der Waals surface area contributed by atoms with E-state index in [-0.39, 0.29) is 34.1 Å². The fourth-order valence-corrected chi connectivity index (χ4v) is 6.57. The maximum Gasteiger partial charge on any atom is 0.432 e. The van der Waals surface area contributed by atoms with E-state index < -0.39 is 63.7 Å². The summed E-state index contributed by atoms with van der Waals surface area (Å²) in [5.41, 5.74) is -1.71. The van der Waals surface area contributed by atoms with E-state index in [1.54, 1.807) is 17.8 Å². The Balaban J connectivity index is 1.35. The van der Waals surface area contributed by atoms with E-state index in [0.29, 0.717) is 31.3 Å². The molecule has 1 heterocycles. The molecule has 0 bridgehead atoms. The van der Waals surface area contributed by atoms with Crippen LogP contribution in [0.1, 0.15) is 36.1 Å². The molecule has 1 fully saturated rings. The van der Waals surface area contributed by atoms with Crippen molar-refractivity contribution in [3.8, 4) is 28.0 Å². The monoisotopic (exact) mass is 656 g/mol. The fourth-order valence-electron chi connectivity index (χ4n) is 5.16. The van der Waals surface area contributed by atoms with Crippen LogP contribution in [-0.4, -0.2) is 19.0 Å². The van der Waals surface area contributed by atoms with Crippen LogP contribution in [0.15, 0.2) is 60.7 Å². The SMILES string of the molecule is CCOCC1CCC(c2ccc(-c3ccc(-c4cc(F)c(C(F)(F)Oc5cc(F)c(F)c(F)c5)c(F)c4)c(F)c3)c(F)c2)SC1. The molecular formula is C33H25F9O2S. The van der Waals surface area contributed by atoms with Crippen molar-refractivity contribution in [3.63, 3.8) is 0 Å². The van der Waals surface area contributed by atoms with E-state index in [1.165, 1.54) is 18.2 Å². The zero-order valence-corrected chi connectivity index (χ0v) is 24.4. The number of rotatable bonds is 9. The van der Waals surface area contributed by atoms with Crippen molar-refractivity contribution in [1.82, 2.24) is 0 Å². The first-order valence-electron chi connectivity index (χ1n) is 13.9. The van der Waals surface area contributed by atoms with Crippen molar-refractivity contribution in [2.24, 2.45) is 5.92 Å². The lowest BCUT2D eigenvalue weighted by Crippen LogP contribution is -2.25. The molecule has 45 heavy (non-hydrogen) atoms. The fraction of sp³-hybridized carbons (Fsp3) is 0.273. The van der Waals surface area contributed by atoms with E-state index in [2.05, 4.69) is 4.74 Å². The first-order chi connectivity index (χ1) is 21.4. The summed E-state index contributed by atoms with van der Waals surface area (Å²) in [7, 11) is 0. The molecule has 2 nitrogen and oxygen atoms in total. The van der Waals surface area contributed by atoms with Gasteiger partial charge in [0, 0.05) is 35.1 Å². The maximum absolute atomic E-state index is 15.2. The first kappa shape index (κ1) is 32.7. The van der Waals surface area contributed by atoms with Gasteiger partial charge in [0.25, 0.3) is 0 Å². The molecule has 12 heteroatoms. The van der Waals surface area contributed by atoms with Crippen LogP contribution in [0.4, 0.5) is 39.5 Å². The van der Waals surface area contributed by atoms with Gasteiger partial charge in [0.1, 0.15) is 34.6 Å². The number of benzene rings is 4. The minimum atomic E-state index is -4.79. The van der Waals surface area contributed by atoms with E-state index in [4.69, 9.17) is 4.74 Å². The third-order valence-corrected chi connectivity index (χ3v) is 8.99. The Morgan fingerprint density at radius 3 is 1.89 bits per heavy atom. The number of thioether (sulfide) groups is 1. The smallest absolute Gasteiger partial charge is 0.429 e. The molecule has 0 radical (unpaired) electrons. The lowest BCUT2D eigenvalue weighted by atomic mass is 9.95. The number of ether oxygens (including phenoxy) is 2. The van der Waals surface area contributed by atoms with Crippen LogP contribution in [-0.2, 0) is 10.8 Å². The van der Waals surface area contributed by atoms with Gasteiger partial charge in [0.05, 0.1) is 6.61 Å². The summed E-state index contributed by atoms with van der Waals surface area (Å²) in [6, 6.07) is 9.12. The van der Waals surface area contributed by atoms with Crippen LogP contribution in [0.3, 0.4) is 0 Å². The molecule has 0 saturated carbocycles. The molecule has 4 aromatic carbocycles. The summed E-state index contributed by atoms with van der Waals surface area (Å²) in [5, 5.41) is 0.106. The number of hydrogen-bond acceptors (Lipinski definition) is 3. The Kier molecular flexibility index (Phi) is 9.74. The molecule has 2 unspecified atom stereocenters. The van der Waals surface area contributed by atoms with Gasteiger partial charge in [-0.15, -0.1) is 0 Å². The van der Waals surface area contributed by atoms with Gasteiger partial charge in [-0.2, -0.15) is 20.5 Å². The Morgan fingerprint density at radius 1 is 0.711 bits per heavy atom. The molecule has 2 atom stereocenters. The van der Waals surface area contributed by atoms with Crippen molar-refractivity contribution >= 4 is 11.8 Å². The summed E-state index contributed by atoms with van der Waals surface area (Å²) >= 11 is 1.73. The Morgan fingerprint density at radius 2 is 1.31 bits per heavy atom. The van der Waals surface area contributed by atoms with Gasteiger partial charge in [-0.25, -0.2) is 30.7 Å². The highest BCUT2D eigenvalue weighted by atomic mass is 32.2. The molecule has 0 amide bonds. The highest BCUT2D eigenvalue weighted by Crippen LogP contribution is 2.42. The van der Waals surface area contributed by atoms with E-state index in [9.17, 15) is 30.7 Å². The number of halogens is 9. The molecule has 4 aromatic rings. The van der Waals surface area contributed by atoms with Crippen molar-refractivity contribution in [2.75, 3.05) is 19.0 Å². The molecule has 5 rings (SSSR count). The van der Waals surface area contributed by atoms with Crippen LogP contribution in [0.5, 0.6) is 5.75 Å². The van der Waals surface area contributed by atoms with Crippen LogP contribution in [0.2, 0.25) is 0 Å². The second kappa shape index (κ2) is 13.4. The molecule has 1 aliphatic heterocycles. The molecule has 238 valence electrons. The predicted octanol–water partition coefficient (Wildman–Crippen LogP) is 10.3. The van der Waals surface area contributed by atoms with E-state index >= 15 is 8.78 Å². The number of hydrogen-bond donors (Lipinski definition) is 0. The van der Waals surface area contributed by atoms with Crippen molar-refractivity contribution < 1.29 is 49.0 Å². The Bertz CT molecular complexity index is 1660. The number of alkyl halides is 2. The Labute approximate surface area is 257 Å². The third-order valence-electron chi connectivity index (χ3n) is 7.42. The average Bonchev–Trinajstić information content (AvgIpc) is 2.98. The van der Waals surface area contributed by atoms with Gasteiger partial charge in [0.15, 0.2) is 17.5 Å². The molecule has 0 spiro atoms. The molecular weight excluding hydrogens is 631 g/mol. The third kappa shape index (κ3) is 7.12. The van der Waals surface area contributed by atoms with Gasteiger partial charge in [-0.3, -0.25) is 0 Å². The van der Waals surface area contributed by atoms with Crippen LogP contribution in [0, 0.1) is 46.6 Å². The molecule has 0 N–H and O–H groups in total. The molecule has 0 aromatic heterocycles. The second-order valence-electron chi connectivity index (χ2n) is 10.5. The zero-order chi connectivity index (χ0) is 32.5. The summed E-state index contributed by atoms with van der Waals surface area (Å²) in [6.45, 7) is 3.29. The highest BCUT2D eigenvalue weighted by molar-refractivity contribution is 7.99. The highest BCUT2D eigenvalue weighted by Gasteiger charge is 2.41. The molecule has 0 aliphatic carbocycles. The van der Waals surface area contributed by atoms with Crippen molar-refractivity contribution in [3.05, 3.63) is 113 Å². The average molecular weight is 657 g/mol. The molecule has 1 aliphatic rings. The van der Waals surface area contributed by atoms with Gasteiger partial charge < -0.3 is 9.47 Å². The zero-order valence-electron chi connectivity index (χ0n) is 23.6. The first-order valence-corrected chi connectivity index (χ1v) is 14.9. The van der Waals surface area contributed by atoms with E-state index in [0.717, 1.165) is 36.3 Å². The van der Waals surface area contributed by atoms with Gasteiger partial charge >= 0.3 is 6.11 Å². The topological polar surface area (TPSA) is 18.5 Å². The minimum absolute atomic E-state index is 0.0815. The Hall–Kier alpha value is -3.64. The van der Waals surface area contributed by atoms with Crippen LogP contribution >= 0.6 is 11.8 Å².